The lowest BCUT2D eigenvalue weighted by molar-refractivity contribution is 0.311. The molecule has 0 atom stereocenters. The van der Waals surface area contributed by atoms with Crippen LogP contribution < -0.4 is 14.8 Å². The van der Waals surface area contributed by atoms with E-state index < -0.39 is 0 Å². The third kappa shape index (κ3) is 4.32. The molecule has 3 nitrogen and oxygen atoms in total. The van der Waals surface area contributed by atoms with Crippen LogP contribution in [0.3, 0.4) is 0 Å². The van der Waals surface area contributed by atoms with Gasteiger partial charge in [0.1, 0.15) is 0 Å². The summed E-state index contributed by atoms with van der Waals surface area (Å²) in [4.78, 5) is 0. The lowest BCUT2D eigenvalue weighted by atomic mass is 9.96. The largest absolute Gasteiger partial charge is 0.493 e. The highest BCUT2D eigenvalue weighted by molar-refractivity contribution is 5.55. The van der Waals surface area contributed by atoms with E-state index in [1.54, 1.807) is 7.11 Å². The Bertz CT molecular complexity index is 398. The highest BCUT2D eigenvalue weighted by Gasteiger charge is 2.12. The Labute approximate surface area is 122 Å². The van der Waals surface area contributed by atoms with Crippen LogP contribution >= 0.6 is 0 Å². The fraction of sp³-hybridized carbons (Fsp3) is 0.647. The first kappa shape index (κ1) is 15.0. The second-order valence-electron chi connectivity index (χ2n) is 5.49. The molecule has 20 heavy (non-hydrogen) atoms. The van der Waals surface area contributed by atoms with E-state index in [0.29, 0.717) is 12.6 Å². The lowest BCUT2D eigenvalue weighted by Gasteiger charge is -2.22. The summed E-state index contributed by atoms with van der Waals surface area (Å²) in [7, 11) is 1.69. The molecule has 1 saturated carbocycles. The van der Waals surface area contributed by atoms with Gasteiger partial charge in [-0.15, -0.1) is 0 Å². The summed E-state index contributed by atoms with van der Waals surface area (Å²) in [5.74, 6) is 1.63. The minimum atomic E-state index is 0.595. The molecule has 0 aliphatic heterocycles. The van der Waals surface area contributed by atoms with Crippen LogP contribution in [0, 0.1) is 0 Å². The van der Waals surface area contributed by atoms with Gasteiger partial charge in [-0.05, 0) is 31.9 Å². The van der Waals surface area contributed by atoms with E-state index >= 15 is 0 Å². The molecule has 0 aromatic heterocycles. The van der Waals surface area contributed by atoms with E-state index in [-0.39, 0.29) is 0 Å². The van der Waals surface area contributed by atoms with Gasteiger partial charge in [-0.3, -0.25) is 0 Å². The monoisotopic (exact) mass is 277 g/mol. The third-order valence-electron chi connectivity index (χ3n) is 3.94. The minimum absolute atomic E-state index is 0.595. The van der Waals surface area contributed by atoms with Gasteiger partial charge in [-0.25, -0.2) is 0 Å². The molecule has 1 aliphatic carbocycles. The van der Waals surface area contributed by atoms with Crippen LogP contribution in [0.5, 0.6) is 11.5 Å². The van der Waals surface area contributed by atoms with Crippen LogP contribution in [0.15, 0.2) is 18.2 Å². The number of hydrogen-bond acceptors (Lipinski definition) is 3. The van der Waals surface area contributed by atoms with Crippen molar-refractivity contribution >= 4 is 5.69 Å². The molecule has 3 heteroatoms. The first-order valence-corrected chi connectivity index (χ1v) is 7.91. The summed E-state index contributed by atoms with van der Waals surface area (Å²) in [6, 6.07) is 6.72. The summed E-state index contributed by atoms with van der Waals surface area (Å²) < 4.78 is 11.0. The molecule has 1 aromatic carbocycles. The van der Waals surface area contributed by atoms with E-state index in [4.69, 9.17) is 9.47 Å². The minimum Gasteiger partial charge on any atom is -0.493 e. The second kappa shape index (κ2) is 8.03. The summed E-state index contributed by atoms with van der Waals surface area (Å²) in [6.07, 6.45) is 9.39. The van der Waals surface area contributed by atoms with Gasteiger partial charge in [0.05, 0.1) is 13.7 Å². The van der Waals surface area contributed by atoms with Crippen molar-refractivity contribution in [3.63, 3.8) is 0 Å². The Morgan fingerprint density at radius 2 is 1.75 bits per heavy atom. The molecule has 1 N–H and O–H groups in total. The first-order valence-electron chi connectivity index (χ1n) is 7.91. The first-order chi connectivity index (χ1) is 9.83. The van der Waals surface area contributed by atoms with Gasteiger partial charge in [0, 0.05) is 17.8 Å². The molecule has 2 rings (SSSR count). The second-order valence-corrected chi connectivity index (χ2v) is 5.49. The van der Waals surface area contributed by atoms with Gasteiger partial charge in [-0.1, -0.05) is 32.1 Å². The van der Waals surface area contributed by atoms with Crippen molar-refractivity contribution in [2.75, 3.05) is 19.0 Å². The Morgan fingerprint density at radius 1 is 1.05 bits per heavy atom. The van der Waals surface area contributed by atoms with Crippen molar-refractivity contribution in [2.45, 2.75) is 57.9 Å². The van der Waals surface area contributed by atoms with Crippen LogP contribution in [0.25, 0.3) is 0 Å². The van der Waals surface area contributed by atoms with E-state index in [1.807, 2.05) is 19.1 Å². The molecule has 0 heterocycles. The Balaban J connectivity index is 2.00. The normalized spacial score (nSPS) is 17.1. The molecule has 1 aromatic rings. The molecule has 0 saturated heterocycles. The van der Waals surface area contributed by atoms with Crippen LogP contribution in [0.2, 0.25) is 0 Å². The maximum atomic E-state index is 5.56. The highest BCUT2D eigenvalue weighted by Crippen LogP contribution is 2.31. The van der Waals surface area contributed by atoms with E-state index in [1.165, 1.54) is 44.9 Å². The van der Waals surface area contributed by atoms with Crippen LogP contribution in [0.1, 0.15) is 51.9 Å². The van der Waals surface area contributed by atoms with Crippen molar-refractivity contribution in [2.24, 2.45) is 0 Å². The topological polar surface area (TPSA) is 30.5 Å². The molecule has 0 amide bonds. The molecule has 112 valence electrons. The van der Waals surface area contributed by atoms with Crippen LogP contribution in [-0.4, -0.2) is 19.8 Å². The maximum Gasteiger partial charge on any atom is 0.162 e. The number of rotatable bonds is 5. The Morgan fingerprint density at radius 3 is 2.40 bits per heavy atom. The van der Waals surface area contributed by atoms with Gasteiger partial charge in [0.15, 0.2) is 11.5 Å². The molecule has 0 bridgehead atoms. The molecule has 0 unspecified atom stereocenters. The predicted molar refractivity (Wildman–Crippen MR) is 83.9 cm³/mol. The number of ether oxygens (including phenoxy) is 2. The van der Waals surface area contributed by atoms with E-state index in [9.17, 15) is 0 Å². The number of anilines is 1. The van der Waals surface area contributed by atoms with Crippen molar-refractivity contribution in [3.05, 3.63) is 18.2 Å². The smallest absolute Gasteiger partial charge is 0.162 e. The number of hydrogen-bond donors (Lipinski definition) is 1. The van der Waals surface area contributed by atoms with Gasteiger partial charge in [0.2, 0.25) is 0 Å². The Kier molecular flexibility index (Phi) is 6.03. The average Bonchev–Trinajstić information content (AvgIpc) is 2.43. The fourth-order valence-electron chi connectivity index (χ4n) is 2.87. The van der Waals surface area contributed by atoms with Crippen molar-refractivity contribution in [1.29, 1.82) is 0 Å². The standard InChI is InChI=1S/C17H27NO2/c1-3-20-16-12-11-15(13-17(16)19-2)18-14-9-7-5-4-6-8-10-14/h11-14,18H,3-10H2,1-2H3. The molecular formula is C17H27NO2. The van der Waals surface area contributed by atoms with Gasteiger partial charge >= 0.3 is 0 Å². The van der Waals surface area contributed by atoms with Crippen molar-refractivity contribution in [1.82, 2.24) is 0 Å². The van der Waals surface area contributed by atoms with Gasteiger partial charge < -0.3 is 14.8 Å². The quantitative estimate of drug-likeness (QED) is 0.852. The predicted octanol–water partition coefficient (Wildman–Crippen LogP) is 4.62. The number of methoxy groups -OCH3 is 1. The number of nitrogens with one attached hydrogen (secondary N) is 1. The highest BCUT2D eigenvalue weighted by atomic mass is 16.5. The van der Waals surface area contributed by atoms with Crippen LogP contribution in [0.4, 0.5) is 5.69 Å². The third-order valence-corrected chi connectivity index (χ3v) is 3.94. The summed E-state index contributed by atoms with van der Waals surface area (Å²) >= 11 is 0. The fourth-order valence-corrected chi connectivity index (χ4v) is 2.87. The van der Waals surface area contributed by atoms with Gasteiger partial charge in [0.25, 0.3) is 0 Å². The maximum absolute atomic E-state index is 5.56. The van der Waals surface area contributed by atoms with Gasteiger partial charge in [-0.2, -0.15) is 0 Å². The van der Waals surface area contributed by atoms with E-state index in [0.717, 1.165) is 17.2 Å². The molecular weight excluding hydrogens is 250 g/mol. The zero-order valence-corrected chi connectivity index (χ0v) is 12.8. The Hall–Kier alpha value is -1.38. The van der Waals surface area contributed by atoms with Crippen molar-refractivity contribution < 1.29 is 9.47 Å². The van der Waals surface area contributed by atoms with E-state index in [2.05, 4.69) is 11.4 Å². The molecule has 0 spiro atoms. The SMILES string of the molecule is CCOc1ccc(NC2CCCCCCC2)cc1OC. The zero-order valence-electron chi connectivity index (χ0n) is 12.8. The molecule has 1 fully saturated rings. The summed E-state index contributed by atoms with van der Waals surface area (Å²) in [6.45, 7) is 2.64. The lowest BCUT2D eigenvalue weighted by Crippen LogP contribution is -2.20. The summed E-state index contributed by atoms with van der Waals surface area (Å²) in [5.41, 5.74) is 1.14. The number of benzene rings is 1. The van der Waals surface area contributed by atoms with Crippen LogP contribution in [-0.2, 0) is 0 Å². The average molecular weight is 277 g/mol. The molecule has 0 radical (unpaired) electrons. The zero-order chi connectivity index (χ0) is 14.2. The summed E-state index contributed by atoms with van der Waals surface area (Å²) in [5, 5.41) is 3.66. The molecule has 1 aliphatic rings. The van der Waals surface area contributed by atoms with Crippen molar-refractivity contribution in [3.8, 4) is 11.5 Å².